The lowest BCUT2D eigenvalue weighted by molar-refractivity contribution is 0.0970. The minimum absolute atomic E-state index is 0.185. The number of anilines is 1. The largest absolute Gasteiger partial charge is 0.494 e. The maximum absolute atomic E-state index is 13.6. The van der Waals surface area contributed by atoms with E-state index < -0.39 is 0 Å². The zero-order chi connectivity index (χ0) is 20.7. The van der Waals surface area contributed by atoms with Gasteiger partial charge in [0.2, 0.25) is 5.82 Å². The van der Waals surface area contributed by atoms with Crippen molar-refractivity contribution in [3.05, 3.63) is 65.2 Å². The normalized spacial score (nSPS) is 12.9. The molecule has 30 heavy (non-hydrogen) atoms. The van der Waals surface area contributed by atoms with Crippen LogP contribution in [0.2, 0.25) is 0 Å². The van der Waals surface area contributed by atoms with Crippen molar-refractivity contribution in [1.82, 2.24) is 19.7 Å². The Morgan fingerprint density at radius 3 is 2.83 bits per heavy atom. The highest BCUT2D eigenvalue weighted by Gasteiger charge is 2.29. The highest BCUT2D eigenvalue weighted by Crippen LogP contribution is 2.37. The molecule has 0 unspecified atom stereocenters. The standard InChI is InChI=1S/C22H21N5O2S/c1-14-10-11-16(29-2)18-19(14)30-22(23-18)27(13-15-7-4-3-5-8-15)21(28)20-25-24-17-9-6-12-26(17)20/h3-5,7-8,10-11H,6,9,12-13H2,1-2H3. The maximum atomic E-state index is 13.6. The molecule has 0 fully saturated rings. The van der Waals surface area contributed by atoms with Crippen LogP contribution in [0.1, 0.15) is 34.0 Å². The van der Waals surface area contributed by atoms with Crippen molar-refractivity contribution in [1.29, 1.82) is 0 Å². The van der Waals surface area contributed by atoms with Gasteiger partial charge in [-0.15, -0.1) is 10.2 Å². The van der Waals surface area contributed by atoms with Gasteiger partial charge in [0.15, 0.2) is 5.13 Å². The monoisotopic (exact) mass is 419 g/mol. The van der Waals surface area contributed by atoms with E-state index in [1.807, 2.05) is 54.0 Å². The Labute approximate surface area is 177 Å². The number of ether oxygens (including phenoxy) is 1. The van der Waals surface area contributed by atoms with Gasteiger partial charge in [0, 0.05) is 13.0 Å². The van der Waals surface area contributed by atoms with Gasteiger partial charge in [0.1, 0.15) is 17.1 Å². The van der Waals surface area contributed by atoms with Crippen LogP contribution in [0, 0.1) is 6.92 Å². The number of thiazole rings is 1. The molecule has 2 aromatic carbocycles. The Morgan fingerprint density at radius 1 is 1.20 bits per heavy atom. The molecule has 0 radical (unpaired) electrons. The van der Waals surface area contributed by atoms with Crippen molar-refractivity contribution in [3.63, 3.8) is 0 Å². The molecule has 1 aliphatic heterocycles. The highest BCUT2D eigenvalue weighted by molar-refractivity contribution is 7.22. The van der Waals surface area contributed by atoms with Gasteiger partial charge in [0.05, 0.1) is 18.4 Å². The molecule has 0 saturated carbocycles. The Morgan fingerprint density at radius 2 is 2.03 bits per heavy atom. The van der Waals surface area contributed by atoms with E-state index in [-0.39, 0.29) is 5.91 Å². The molecular formula is C22H21N5O2S. The van der Waals surface area contributed by atoms with E-state index in [4.69, 9.17) is 9.72 Å². The van der Waals surface area contributed by atoms with Crippen molar-refractivity contribution in [3.8, 4) is 5.75 Å². The summed E-state index contributed by atoms with van der Waals surface area (Å²) in [5.41, 5.74) is 2.90. The number of carbonyl (C=O) groups excluding carboxylic acids is 1. The van der Waals surface area contributed by atoms with Crippen molar-refractivity contribution < 1.29 is 9.53 Å². The fourth-order valence-electron chi connectivity index (χ4n) is 3.80. The van der Waals surface area contributed by atoms with E-state index in [2.05, 4.69) is 10.2 Å². The molecule has 5 rings (SSSR count). The Balaban J connectivity index is 1.62. The predicted molar refractivity (Wildman–Crippen MR) is 116 cm³/mol. The van der Waals surface area contributed by atoms with E-state index in [1.54, 1.807) is 12.0 Å². The van der Waals surface area contributed by atoms with E-state index >= 15 is 0 Å². The maximum Gasteiger partial charge on any atom is 0.298 e. The van der Waals surface area contributed by atoms with Gasteiger partial charge in [-0.25, -0.2) is 4.98 Å². The van der Waals surface area contributed by atoms with Crippen LogP contribution in [0.5, 0.6) is 5.75 Å². The molecule has 2 aromatic heterocycles. The van der Waals surface area contributed by atoms with Gasteiger partial charge in [-0.3, -0.25) is 9.69 Å². The van der Waals surface area contributed by atoms with Crippen LogP contribution in [0.3, 0.4) is 0 Å². The molecule has 0 N–H and O–H groups in total. The molecule has 1 aliphatic rings. The molecule has 152 valence electrons. The lowest BCUT2D eigenvalue weighted by Gasteiger charge is -2.19. The summed E-state index contributed by atoms with van der Waals surface area (Å²) in [6.45, 7) is 3.22. The SMILES string of the molecule is COc1ccc(C)c2sc(N(Cc3ccccc3)C(=O)c3nnc4n3CCC4)nc12. The zero-order valence-electron chi connectivity index (χ0n) is 16.8. The highest BCUT2D eigenvalue weighted by atomic mass is 32.1. The fraction of sp³-hybridized carbons (Fsp3) is 0.273. The fourth-order valence-corrected chi connectivity index (χ4v) is 4.85. The molecule has 0 saturated heterocycles. The topological polar surface area (TPSA) is 73.1 Å². The summed E-state index contributed by atoms with van der Waals surface area (Å²) in [7, 11) is 1.63. The number of methoxy groups -OCH3 is 1. The zero-order valence-corrected chi connectivity index (χ0v) is 17.6. The van der Waals surface area contributed by atoms with Crippen LogP contribution in [0.4, 0.5) is 5.13 Å². The number of aryl methyl sites for hydroxylation is 2. The summed E-state index contributed by atoms with van der Waals surface area (Å²) in [5, 5.41) is 9.05. The Bertz CT molecular complexity index is 1230. The summed E-state index contributed by atoms with van der Waals surface area (Å²) in [6, 6.07) is 13.8. The lowest BCUT2D eigenvalue weighted by atomic mass is 10.2. The van der Waals surface area contributed by atoms with E-state index in [9.17, 15) is 4.79 Å². The summed E-state index contributed by atoms with van der Waals surface area (Å²) >= 11 is 1.50. The first kappa shape index (κ1) is 18.7. The second-order valence-corrected chi connectivity index (χ2v) is 8.31. The summed E-state index contributed by atoms with van der Waals surface area (Å²) in [5.74, 6) is 1.77. The number of rotatable bonds is 5. The van der Waals surface area contributed by atoms with Crippen LogP contribution in [-0.4, -0.2) is 32.8 Å². The number of amides is 1. The van der Waals surface area contributed by atoms with Crippen molar-refractivity contribution in [2.75, 3.05) is 12.0 Å². The van der Waals surface area contributed by atoms with Gasteiger partial charge >= 0.3 is 0 Å². The van der Waals surface area contributed by atoms with Crippen LogP contribution < -0.4 is 9.64 Å². The van der Waals surface area contributed by atoms with Crippen molar-refractivity contribution >= 4 is 32.6 Å². The van der Waals surface area contributed by atoms with Crippen molar-refractivity contribution in [2.24, 2.45) is 0 Å². The summed E-state index contributed by atoms with van der Waals surface area (Å²) < 4.78 is 8.45. The average molecular weight is 420 g/mol. The molecule has 0 spiro atoms. The second kappa shape index (κ2) is 7.53. The average Bonchev–Trinajstić information content (AvgIpc) is 3.48. The predicted octanol–water partition coefficient (Wildman–Crippen LogP) is 4.00. The second-order valence-electron chi connectivity index (χ2n) is 7.33. The molecule has 7 nitrogen and oxygen atoms in total. The van der Waals surface area contributed by atoms with Gasteiger partial charge < -0.3 is 9.30 Å². The lowest BCUT2D eigenvalue weighted by Crippen LogP contribution is -2.32. The first-order valence-corrected chi connectivity index (χ1v) is 10.7. The molecule has 3 heterocycles. The third-order valence-corrected chi connectivity index (χ3v) is 6.59. The van der Waals surface area contributed by atoms with Crippen molar-refractivity contribution in [2.45, 2.75) is 32.9 Å². The molecule has 0 aliphatic carbocycles. The molecule has 8 heteroatoms. The van der Waals surface area contributed by atoms with Gasteiger partial charge in [-0.05, 0) is 30.5 Å². The first-order chi connectivity index (χ1) is 14.7. The number of hydrogen-bond acceptors (Lipinski definition) is 6. The minimum atomic E-state index is -0.185. The van der Waals surface area contributed by atoms with Crippen LogP contribution in [0.25, 0.3) is 10.2 Å². The number of carbonyl (C=O) groups is 1. The molecule has 1 amide bonds. The van der Waals surface area contributed by atoms with Gasteiger partial charge in [0.25, 0.3) is 5.91 Å². The number of benzene rings is 2. The molecule has 0 bridgehead atoms. The summed E-state index contributed by atoms with van der Waals surface area (Å²) in [6.07, 6.45) is 1.85. The van der Waals surface area contributed by atoms with Crippen LogP contribution in [0.15, 0.2) is 42.5 Å². The first-order valence-electron chi connectivity index (χ1n) is 9.87. The molecule has 4 aromatic rings. The minimum Gasteiger partial charge on any atom is -0.494 e. The van der Waals surface area contributed by atoms with E-state index in [1.165, 1.54) is 11.3 Å². The Kier molecular flexibility index (Phi) is 4.71. The third-order valence-electron chi connectivity index (χ3n) is 5.37. The van der Waals surface area contributed by atoms with Crippen LogP contribution in [-0.2, 0) is 19.5 Å². The number of aromatic nitrogens is 4. The Hall–Kier alpha value is -3.26. The van der Waals surface area contributed by atoms with E-state index in [0.717, 1.165) is 46.6 Å². The molecule has 0 atom stereocenters. The smallest absolute Gasteiger partial charge is 0.298 e. The number of fused-ring (bicyclic) bond motifs is 2. The van der Waals surface area contributed by atoms with Crippen LogP contribution >= 0.6 is 11.3 Å². The van der Waals surface area contributed by atoms with Gasteiger partial charge in [-0.1, -0.05) is 47.7 Å². The summed E-state index contributed by atoms with van der Waals surface area (Å²) in [4.78, 5) is 20.1. The molecular weight excluding hydrogens is 398 g/mol. The third kappa shape index (κ3) is 3.13. The quantitative estimate of drug-likeness (QED) is 0.489. The number of nitrogens with zero attached hydrogens (tertiary/aromatic N) is 5. The van der Waals surface area contributed by atoms with E-state index in [0.29, 0.717) is 23.3 Å². The number of hydrogen-bond donors (Lipinski definition) is 0. The van der Waals surface area contributed by atoms with Gasteiger partial charge in [-0.2, -0.15) is 0 Å².